The first kappa shape index (κ1) is 14.5. The molecule has 1 aromatic rings. The molecule has 0 bridgehead atoms. The summed E-state index contributed by atoms with van der Waals surface area (Å²) in [6.45, 7) is 0. The first-order valence-corrected chi connectivity index (χ1v) is 8.28. The number of hydrazone groups is 1. The summed E-state index contributed by atoms with van der Waals surface area (Å²) in [6.07, 6.45) is 10.7. The molecule has 2 aliphatic carbocycles. The van der Waals surface area contributed by atoms with Gasteiger partial charge >= 0.3 is 0 Å². The van der Waals surface area contributed by atoms with Crippen LogP contribution < -0.4 is 5.43 Å². The van der Waals surface area contributed by atoms with E-state index in [1.807, 2.05) is 24.3 Å². The summed E-state index contributed by atoms with van der Waals surface area (Å²) in [7, 11) is 0. The Morgan fingerprint density at radius 3 is 2.38 bits per heavy atom. The number of nitrogens with one attached hydrogen (secondary N) is 1. The van der Waals surface area contributed by atoms with E-state index in [0.717, 1.165) is 35.7 Å². The van der Waals surface area contributed by atoms with Gasteiger partial charge in [0.25, 0.3) is 0 Å². The molecule has 1 aromatic carbocycles. The van der Waals surface area contributed by atoms with E-state index in [-0.39, 0.29) is 11.8 Å². The molecular formula is C17H19BrN2O. The summed E-state index contributed by atoms with van der Waals surface area (Å²) < 4.78 is 1.03. The third-order valence-electron chi connectivity index (χ3n) is 4.39. The molecule has 1 fully saturated rings. The number of fused-ring (bicyclic) bond motifs is 1. The average molecular weight is 347 g/mol. The largest absolute Gasteiger partial charge is 0.273 e. The molecule has 4 heteroatoms. The van der Waals surface area contributed by atoms with Crippen LogP contribution in [0.25, 0.3) is 0 Å². The third kappa shape index (κ3) is 3.62. The normalized spacial score (nSPS) is 27.8. The van der Waals surface area contributed by atoms with Gasteiger partial charge in [0.05, 0.1) is 6.21 Å². The number of hydrogen-bond acceptors (Lipinski definition) is 2. The predicted molar refractivity (Wildman–Crippen MR) is 88.0 cm³/mol. The maximum absolute atomic E-state index is 12.2. The van der Waals surface area contributed by atoms with Gasteiger partial charge in [-0.3, -0.25) is 4.79 Å². The van der Waals surface area contributed by atoms with Gasteiger partial charge < -0.3 is 0 Å². The van der Waals surface area contributed by atoms with Gasteiger partial charge in [-0.25, -0.2) is 5.43 Å². The Balaban J connectivity index is 1.52. The number of allylic oxidation sites excluding steroid dienone is 2. The molecule has 3 rings (SSSR count). The molecule has 0 spiro atoms. The van der Waals surface area contributed by atoms with E-state index < -0.39 is 0 Å². The number of amides is 1. The molecule has 0 unspecified atom stereocenters. The molecule has 2 aliphatic rings. The Morgan fingerprint density at radius 1 is 1.14 bits per heavy atom. The molecule has 0 saturated heterocycles. The molecule has 3 nitrogen and oxygen atoms in total. The van der Waals surface area contributed by atoms with Crippen LogP contribution in [0.15, 0.2) is 46.0 Å². The zero-order chi connectivity index (χ0) is 14.7. The molecule has 0 aliphatic heterocycles. The van der Waals surface area contributed by atoms with Gasteiger partial charge in [-0.2, -0.15) is 5.10 Å². The number of carbonyl (C=O) groups is 1. The van der Waals surface area contributed by atoms with E-state index in [1.54, 1.807) is 6.21 Å². The van der Waals surface area contributed by atoms with Crippen molar-refractivity contribution in [3.63, 3.8) is 0 Å². The van der Waals surface area contributed by atoms with Crippen LogP contribution in [-0.2, 0) is 4.79 Å². The highest BCUT2D eigenvalue weighted by Gasteiger charge is 2.53. The van der Waals surface area contributed by atoms with Gasteiger partial charge in [-0.05, 0) is 55.2 Å². The van der Waals surface area contributed by atoms with Gasteiger partial charge in [0.15, 0.2) is 0 Å². The lowest BCUT2D eigenvalue weighted by atomic mass is 10.1. The number of hydrogen-bond donors (Lipinski definition) is 1. The summed E-state index contributed by atoms with van der Waals surface area (Å²) >= 11 is 3.39. The molecule has 0 heterocycles. The maximum Gasteiger partial charge on any atom is 0.243 e. The molecule has 1 amide bonds. The lowest BCUT2D eigenvalue weighted by molar-refractivity contribution is -0.122. The second-order valence-electron chi connectivity index (χ2n) is 5.77. The fourth-order valence-electron chi connectivity index (χ4n) is 3.23. The summed E-state index contributed by atoms with van der Waals surface area (Å²) in [5, 5.41) is 4.08. The zero-order valence-electron chi connectivity index (χ0n) is 11.8. The Kier molecular flexibility index (Phi) is 4.54. The smallest absolute Gasteiger partial charge is 0.243 e. The van der Waals surface area contributed by atoms with E-state index in [4.69, 9.17) is 0 Å². The molecule has 1 N–H and O–H groups in total. The van der Waals surface area contributed by atoms with E-state index in [1.165, 1.54) is 0 Å². The Hall–Kier alpha value is -1.42. The first-order chi connectivity index (χ1) is 10.3. The van der Waals surface area contributed by atoms with Crippen molar-refractivity contribution in [3.05, 3.63) is 46.5 Å². The van der Waals surface area contributed by atoms with Crippen LogP contribution in [0.3, 0.4) is 0 Å². The van der Waals surface area contributed by atoms with E-state index in [9.17, 15) is 4.79 Å². The Labute approximate surface area is 133 Å². The standard InChI is InChI=1S/C17H19BrN2O/c18-13-9-7-12(8-10-13)11-19-20-17(21)16-14-5-3-1-2-4-6-15(14)16/h1-2,7-11,14-16H,3-6H2,(H,20,21)/b2-1?,19-11-/t14-,15-/m0/s1. The van der Waals surface area contributed by atoms with Crippen molar-refractivity contribution >= 4 is 28.1 Å². The summed E-state index contributed by atoms with van der Waals surface area (Å²) in [4.78, 5) is 12.2. The molecule has 21 heavy (non-hydrogen) atoms. The minimum absolute atomic E-state index is 0.0836. The minimum atomic E-state index is 0.0836. The summed E-state index contributed by atoms with van der Waals surface area (Å²) in [5.41, 5.74) is 3.68. The average Bonchev–Trinajstić information content (AvgIpc) is 3.12. The van der Waals surface area contributed by atoms with Gasteiger partial charge in [-0.15, -0.1) is 0 Å². The highest BCUT2D eigenvalue weighted by Crippen LogP contribution is 2.52. The maximum atomic E-state index is 12.2. The van der Waals surface area contributed by atoms with Gasteiger partial charge in [0.1, 0.15) is 0 Å². The first-order valence-electron chi connectivity index (χ1n) is 7.49. The monoisotopic (exact) mass is 346 g/mol. The Bertz CT molecular complexity index is 549. The number of carbonyl (C=O) groups excluding carboxylic acids is 1. The Morgan fingerprint density at radius 2 is 1.76 bits per heavy atom. The molecule has 0 radical (unpaired) electrons. The number of benzene rings is 1. The zero-order valence-corrected chi connectivity index (χ0v) is 13.4. The second kappa shape index (κ2) is 6.56. The van der Waals surface area contributed by atoms with Crippen molar-refractivity contribution in [1.82, 2.24) is 5.43 Å². The molecule has 0 aromatic heterocycles. The van der Waals surface area contributed by atoms with Crippen LogP contribution in [-0.4, -0.2) is 12.1 Å². The van der Waals surface area contributed by atoms with Crippen molar-refractivity contribution < 1.29 is 4.79 Å². The topological polar surface area (TPSA) is 41.5 Å². The summed E-state index contributed by atoms with van der Waals surface area (Å²) in [6, 6.07) is 7.82. The van der Waals surface area contributed by atoms with E-state index >= 15 is 0 Å². The molecular weight excluding hydrogens is 328 g/mol. The third-order valence-corrected chi connectivity index (χ3v) is 4.92. The fraction of sp³-hybridized carbons (Fsp3) is 0.412. The number of nitrogens with zero attached hydrogens (tertiary/aromatic N) is 1. The van der Waals surface area contributed by atoms with Crippen LogP contribution in [0.1, 0.15) is 31.2 Å². The lowest BCUT2D eigenvalue weighted by Crippen LogP contribution is -2.21. The molecule has 2 atom stereocenters. The van der Waals surface area contributed by atoms with Crippen molar-refractivity contribution in [1.29, 1.82) is 0 Å². The predicted octanol–water partition coefficient (Wildman–Crippen LogP) is 3.89. The minimum Gasteiger partial charge on any atom is -0.273 e. The van der Waals surface area contributed by atoms with Crippen molar-refractivity contribution in [2.24, 2.45) is 22.9 Å². The number of rotatable bonds is 3. The van der Waals surface area contributed by atoms with Gasteiger partial charge in [-0.1, -0.05) is 40.2 Å². The van der Waals surface area contributed by atoms with Crippen molar-refractivity contribution in [2.45, 2.75) is 25.7 Å². The van der Waals surface area contributed by atoms with Crippen LogP contribution in [0.4, 0.5) is 0 Å². The second-order valence-corrected chi connectivity index (χ2v) is 6.68. The SMILES string of the molecule is O=C(N/N=C\c1ccc(Br)cc1)C1[C@H]2CCC=CCC[C@H]12. The van der Waals surface area contributed by atoms with E-state index in [2.05, 4.69) is 38.6 Å². The van der Waals surface area contributed by atoms with Gasteiger partial charge in [0.2, 0.25) is 5.91 Å². The van der Waals surface area contributed by atoms with Crippen molar-refractivity contribution in [2.75, 3.05) is 0 Å². The summed E-state index contributed by atoms with van der Waals surface area (Å²) in [5.74, 6) is 1.39. The van der Waals surface area contributed by atoms with Crippen LogP contribution in [0, 0.1) is 17.8 Å². The number of halogens is 1. The van der Waals surface area contributed by atoms with Crippen LogP contribution in [0.2, 0.25) is 0 Å². The van der Waals surface area contributed by atoms with Crippen molar-refractivity contribution in [3.8, 4) is 0 Å². The quantitative estimate of drug-likeness (QED) is 0.503. The van der Waals surface area contributed by atoms with Crippen LogP contribution >= 0.6 is 15.9 Å². The van der Waals surface area contributed by atoms with E-state index in [0.29, 0.717) is 11.8 Å². The van der Waals surface area contributed by atoms with Gasteiger partial charge in [0, 0.05) is 10.4 Å². The highest BCUT2D eigenvalue weighted by atomic mass is 79.9. The van der Waals surface area contributed by atoms with Crippen LogP contribution in [0.5, 0.6) is 0 Å². The molecule has 110 valence electrons. The molecule has 1 saturated carbocycles. The fourth-order valence-corrected chi connectivity index (χ4v) is 3.49. The lowest BCUT2D eigenvalue weighted by Gasteiger charge is -1.99. The highest BCUT2D eigenvalue weighted by molar-refractivity contribution is 9.10.